The number of benzene rings is 1. The maximum Gasteiger partial charge on any atom is 0.137 e. The summed E-state index contributed by atoms with van der Waals surface area (Å²) in [6.07, 6.45) is 5.33. The van der Waals surface area contributed by atoms with Crippen LogP contribution in [0.4, 0.5) is 0 Å². The van der Waals surface area contributed by atoms with Crippen molar-refractivity contribution in [2.24, 2.45) is 0 Å². The van der Waals surface area contributed by atoms with Crippen LogP contribution in [0.2, 0.25) is 0 Å². The number of ether oxygens (including phenoxy) is 1. The molecule has 1 N–H and O–H groups in total. The van der Waals surface area contributed by atoms with E-state index in [0.717, 1.165) is 23.3 Å². The fraction of sp³-hybridized carbons (Fsp3) is 0.600. The second-order valence-electron chi connectivity index (χ2n) is 5.51. The van der Waals surface area contributed by atoms with E-state index in [9.17, 15) is 0 Å². The van der Waals surface area contributed by atoms with Gasteiger partial charge in [-0.05, 0) is 84.7 Å². The van der Waals surface area contributed by atoms with E-state index in [2.05, 4.69) is 40.3 Å². The topological polar surface area (TPSA) is 21.3 Å². The fourth-order valence-electron chi connectivity index (χ4n) is 2.67. The highest BCUT2D eigenvalue weighted by atomic mass is 79.9. The average Bonchev–Trinajstić information content (AvgIpc) is 3.17. The van der Waals surface area contributed by atoms with E-state index in [4.69, 9.17) is 4.74 Å². The van der Waals surface area contributed by atoms with Crippen molar-refractivity contribution >= 4 is 15.9 Å². The minimum absolute atomic E-state index is 0.462. The summed E-state index contributed by atoms with van der Waals surface area (Å²) >= 11 is 3.68. The molecule has 0 aromatic heterocycles. The molecule has 3 heteroatoms. The van der Waals surface area contributed by atoms with Crippen LogP contribution in [0.15, 0.2) is 16.6 Å². The SMILES string of the molecule is Cc1cc(Br)c(OC2CC2)c(C2CCNCC2)c1. The average molecular weight is 310 g/mol. The van der Waals surface area contributed by atoms with Gasteiger partial charge in [0.05, 0.1) is 10.6 Å². The van der Waals surface area contributed by atoms with Crippen LogP contribution in [0.25, 0.3) is 0 Å². The zero-order valence-corrected chi connectivity index (χ0v) is 12.4. The van der Waals surface area contributed by atoms with Crippen molar-refractivity contribution in [3.63, 3.8) is 0 Å². The van der Waals surface area contributed by atoms with Crippen LogP contribution in [0.5, 0.6) is 5.75 Å². The Bertz CT molecular complexity index is 436. The predicted octanol–water partition coefficient (Wildman–Crippen LogP) is 3.77. The third kappa shape index (κ3) is 2.72. The van der Waals surface area contributed by atoms with Crippen LogP contribution in [0.3, 0.4) is 0 Å². The molecule has 98 valence electrons. The lowest BCUT2D eigenvalue weighted by Gasteiger charge is -2.26. The fourth-order valence-corrected chi connectivity index (χ4v) is 3.35. The van der Waals surface area contributed by atoms with E-state index in [1.54, 1.807) is 0 Å². The molecule has 0 unspecified atom stereocenters. The van der Waals surface area contributed by atoms with Crippen LogP contribution in [0, 0.1) is 6.92 Å². The highest BCUT2D eigenvalue weighted by molar-refractivity contribution is 9.10. The first-order valence-corrected chi connectivity index (χ1v) is 7.71. The highest BCUT2D eigenvalue weighted by Crippen LogP contribution is 2.41. The molecule has 0 spiro atoms. The van der Waals surface area contributed by atoms with Crippen molar-refractivity contribution in [3.05, 3.63) is 27.7 Å². The van der Waals surface area contributed by atoms with E-state index >= 15 is 0 Å². The smallest absolute Gasteiger partial charge is 0.137 e. The van der Waals surface area contributed by atoms with Gasteiger partial charge in [-0.2, -0.15) is 0 Å². The van der Waals surface area contributed by atoms with Crippen molar-refractivity contribution in [1.29, 1.82) is 0 Å². The Kier molecular flexibility index (Phi) is 3.62. The Balaban J connectivity index is 1.92. The van der Waals surface area contributed by atoms with Gasteiger partial charge in [-0.15, -0.1) is 0 Å². The monoisotopic (exact) mass is 309 g/mol. The molecule has 1 aliphatic heterocycles. The Hall–Kier alpha value is -0.540. The van der Waals surface area contributed by atoms with Crippen molar-refractivity contribution in [2.75, 3.05) is 13.1 Å². The normalized spacial score (nSPS) is 21.0. The van der Waals surface area contributed by atoms with Gasteiger partial charge < -0.3 is 10.1 Å². The van der Waals surface area contributed by atoms with Crippen LogP contribution < -0.4 is 10.1 Å². The molecule has 0 atom stereocenters. The Morgan fingerprint density at radius 3 is 2.56 bits per heavy atom. The van der Waals surface area contributed by atoms with Gasteiger partial charge in [0.15, 0.2) is 0 Å². The largest absolute Gasteiger partial charge is 0.489 e. The molecule has 0 amide bonds. The lowest BCUT2D eigenvalue weighted by Crippen LogP contribution is -2.27. The molecule has 1 saturated heterocycles. The van der Waals surface area contributed by atoms with Gasteiger partial charge in [0.2, 0.25) is 0 Å². The van der Waals surface area contributed by atoms with E-state index in [0.29, 0.717) is 12.0 Å². The third-order valence-corrected chi connectivity index (χ3v) is 4.39. The van der Waals surface area contributed by atoms with Crippen LogP contribution >= 0.6 is 15.9 Å². The molecule has 1 aromatic carbocycles. The van der Waals surface area contributed by atoms with Crippen molar-refractivity contribution in [3.8, 4) is 5.75 Å². The van der Waals surface area contributed by atoms with Crippen molar-refractivity contribution < 1.29 is 4.74 Å². The molecular formula is C15H20BrNO. The van der Waals surface area contributed by atoms with Crippen LogP contribution in [-0.4, -0.2) is 19.2 Å². The van der Waals surface area contributed by atoms with Gasteiger partial charge in [0.1, 0.15) is 5.75 Å². The molecule has 2 aliphatic rings. The molecule has 18 heavy (non-hydrogen) atoms. The number of halogens is 1. The number of rotatable bonds is 3. The summed E-state index contributed by atoms with van der Waals surface area (Å²) in [7, 11) is 0. The molecule has 2 nitrogen and oxygen atoms in total. The first-order valence-electron chi connectivity index (χ1n) is 6.91. The molecule has 0 bridgehead atoms. The lowest BCUT2D eigenvalue weighted by atomic mass is 9.88. The zero-order chi connectivity index (χ0) is 12.5. The summed E-state index contributed by atoms with van der Waals surface area (Å²) < 4.78 is 7.26. The van der Waals surface area contributed by atoms with Gasteiger partial charge in [0, 0.05) is 0 Å². The van der Waals surface area contributed by atoms with E-state index in [-0.39, 0.29) is 0 Å². The van der Waals surface area contributed by atoms with Gasteiger partial charge in [-0.1, -0.05) is 6.07 Å². The van der Waals surface area contributed by atoms with Crippen molar-refractivity contribution in [1.82, 2.24) is 5.32 Å². The minimum atomic E-state index is 0.462. The number of nitrogens with one attached hydrogen (secondary N) is 1. The third-order valence-electron chi connectivity index (χ3n) is 3.80. The summed E-state index contributed by atoms with van der Waals surface area (Å²) in [6, 6.07) is 4.49. The maximum atomic E-state index is 6.13. The van der Waals surface area contributed by atoms with Crippen LogP contribution in [0.1, 0.15) is 42.7 Å². The standard InChI is InChI=1S/C15H20BrNO/c1-10-8-13(11-4-6-17-7-5-11)15(14(16)9-10)18-12-2-3-12/h8-9,11-12,17H,2-7H2,1H3. The van der Waals surface area contributed by atoms with Gasteiger partial charge in [-0.3, -0.25) is 0 Å². The Morgan fingerprint density at radius 1 is 1.17 bits per heavy atom. The molecule has 1 heterocycles. The molecule has 0 radical (unpaired) electrons. The second kappa shape index (κ2) is 5.22. The van der Waals surface area contributed by atoms with Crippen LogP contribution in [-0.2, 0) is 0 Å². The lowest BCUT2D eigenvalue weighted by molar-refractivity contribution is 0.293. The summed E-state index contributed by atoms with van der Waals surface area (Å²) in [6.45, 7) is 4.41. The Labute approximate surface area is 117 Å². The molecule has 1 aromatic rings. The molecule has 1 saturated carbocycles. The molecule has 3 rings (SSSR count). The summed E-state index contributed by atoms with van der Waals surface area (Å²) in [5, 5.41) is 3.43. The summed E-state index contributed by atoms with van der Waals surface area (Å²) in [4.78, 5) is 0. The second-order valence-corrected chi connectivity index (χ2v) is 6.36. The molecule has 2 fully saturated rings. The predicted molar refractivity (Wildman–Crippen MR) is 77.4 cm³/mol. The van der Waals surface area contributed by atoms with Gasteiger partial charge in [0.25, 0.3) is 0 Å². The summed E-state index contributed by atoms with van der Waals surface area (Å²) in [5.74, 6) is 1.76. The highest BCUT2D eigenvalue weighted by Gasteiger charge is 2.28. The Morgan fingerprint density at radius 2 is 1.89 bits per heavy atom. The number of aryl methyl sites for hydroxylation is 1. The summed E-state index contributed by atoms with van der Waals surface area (Å²) in [5.41, 5.74) is 2.73. The first-order chi connectivity index (χ1) is 8.74. The van der Waals surface area contributed by atoms with Crippen molar-refractivity contribution in [2.45, 2.75) is 44.6 Å². The van der Waals surface area contributed by atoms with Gasteiger partial charge in [-0.25, -0.2) is 0 Å². The molecule has 1 aliphatic carbocycles. The zero-order valence-electron chi connectivity index (χ0n) is 10.8. The maximum absolute atomic E-state index is 6.13. The van der Waals surface area contributed by atoms with E-state index in [1.165, 1.54) is 36.8 Å². The number of piperidine rings is 1. The first kappa shape index (κ1) is 12.5. The van der Waals surface area contributed by atoms with E-state index < -0.39 is 0 Å². The number of hydrogen-bond donors (Lipinski definition) is 1. The van der Waals surface area contributed by atoms with Gasteiger partial charge >= 0.3 is 0 Å². The quantitative estimate of drug-likeness (QED) is 0.918. The van der Waals surface area contributed by atoms with E-state index in [1.807, 2.05) is 0 Å². The number of hydrogen-bond acceptors (Lipinski definition) is 2. The minimum Gasteiger partial charge on any atom is -0.489 e. The molecular weight excluding hydrogens is 290 g/mol.